The summed E-state index contributed by atoms with van der Waals surface area (Å²) in [5.41, 5.74) is 30.8. The molecule has 0 radical (unpaired) electrons. The van der Waals surface area contributed by atoms with Crippen LogP contribution >= 0.6 is 0 Å². The zero-order valence-electron chi connectivity index (χ0n) is 58.4. The second kappa shape index (κ2) is 23.5. The molecule has 6 heterocycles. The molecule has 6 heteroatoms. The van der Waals surface area contributed by atoms with E-state index in [-0.39, 0.29) is 0 Å². The van der Waals surface area contributed by atoms with Crippen LogP contribution in [0.2, 0.25) is 0 Å². The van der Waals surface area contributed by atoms with Crippen LogP contribution in [0.4, 0.5) is 0 Å². The maximum Gasteiger partial charge on any atom is 0.143 e. The second-order valence-corrected chi connectivity index (χ2v) is 28.7. The molecule has 108 heavy (non-hydrogen) atoms. The van der Waals surface area contributed by atoms with E-state index >= 15 is 0 Å². The molecular weight excluding hydrogens is 1310 g/mol. The Morgan fingerprint density at radius 3 is 1.13 bits per heavy atom. The number of furan rings is 2. The predicted molar refractivity (Wildman–Crippen MR) is 451 cm³/mol. The molecule has 17 aromatic carbocycles. The van der Waals surface area contributed by atoms with E-state index in [0.717, 1.165) is 150 Å². The van der Waals surface area contributed by atoms with Crippen LogP contribution in [0.3, 0.4) is 0 Å². The van der Waals surface area contributed by atoms with Crippen molar-refractivity contribution in [2.24, 2.45) is 0 Å². The third kappa shape index (κ3) is 9.27. The monoisotopic (exact) mass is 1370 g/mol. The molecule has 6 aromatic heterocycles. The lowest BCUT2D eigenvalue weighted by Crippen LogP contribution is -1.96. The van der Waals surface area contributed by atoms with Gasteiger partial charge in [0, 0.05) is 99.0 Å². The number of nitrogens with zero attached hydrogens (tertiary/aromatic N) is 4. The van der Waals surface area contributed by atoms with Gasteiger partial charge in [-0.05, 0) is 189 Å². The Balaban J connectivity index is 0.593. The van der Waals surface area contributed by atoms with Gasteiger partial charge >= 0.3 is 0 Å². The Morgan fingerprint density at radius 2 is 0.519 bits per heavy atom. The lowest BCUT2D eigenvalue weighted by Gasteiger charge is -2.14. The van der Waals surface area contributed by atoms with Gasteiger partial charge in [-0.3, -0.25) is 0 Å². The minimum absolute atomic E-state index is 0.840. The van der Waals surface area contributed by atoms with Crippen molar-refractivity contribution in [3.05, 3.63) is 376 Å². The molecule has 0 saturated carbocycles. The first kappa shape index (κ1) is 60.0. The molecule has 0 amide bonds. The number of para-hydroxylation sites is 6. The van der Waals surface area contributed by atoms with Gasteiger partial charge in [0.25, 0.3) is 0 Å². The highest BCUT2D eigenvalue weighted by atomic mass is 16.3. The van der Waals surface area contributed by atoms with Crippen LogP contribution in [0.1, 0.15) is 0 Å². The first-order chi connectivity index (χ1) is 53.5. The number of rotatable bonds is 10. The molecule has 6 nitrogen and oxygen atoms in total. The molecule has 0 unspecified atom stereocenters. The Hall–Kier alpha value is -14.5. The van der Waals surface area contributed by atoms with Crippen LogP contribution in [0.25, 0.3) is 221 Å². The highest BCUT2D eigenvalue weighted by molar-refractivity contribution is 6.17. The van der Waals surface area contributed by atoms with E-state index in [2.05, 4.69) is 382 Å². The van der Waals surface area contributed by atoms with Crippen LogP contribution in [0.5, 0.6) is 0 Å². The van der Waals surface area contributed by atoms with E-state index in [1.807, 2.05) is 12.1 Å². The SMILES string of the molecule is c1ccc(-c2cccc(-n3c4ccccc4c4cc(-c5ccc6c7ccccc7n(-c7ccc8c(c7)oc7c(-c9ccc(-c%10cc(-c%11ccccc%11)cc(-n%11c%12ccccc%12c%12cc(-c%13ccc%14c%15ccccc%15n(-c%15ccc%16oc%17ccccc%17c%16c%15)c%14c%13)ccc%12%11)c%10)cc9)cccc78)c6c5)ccc43)c2)cc1. The van der Waals surface area contributed by atoms with Gasteiger partial charge in [-0.25, -0.2) is 0 Å². The largest absolute Gasteiger partial charge is 0.456 e. The van der Waals surface area contributed by atoms with E-state index in [1.165, 1.54) is 70.8 Å². The Kier molecular flexibility index (Phi) is 13.1. The fourth-order valence-electron chi connectivity index (χ4n) is 17.7. The van der Waals surface area contributed by atoms with Gasteiger partial charge in [0.1, 0.15) is 22.3 Å². The maximum atomic E-state index is 7.12. The average Bonchev–Trinajstić information content (AvgIpc) is 1.58. The number of fused-ring (bicyclic) bond motifs is 18. The molecular formula is C102H62N4O2. The van der Waals surface area contributed by atoms with Crippen molar-refractivity contribution >= 4 is 131 Å². The van der Waals surface area contributed by atoms with E-state index in [1.54, 1.807) is 0 Å². The summed E-state index contributed by atoms with van der Waals surface area (Å²) in [7, 11) is 0. The summed E-state index contributed by atoms with van der Waals surface area (Å²) in [6.07, 6.45) is 0. The number of hydrogen-bond acceptors (Lipinski definition) is 2. The number of aromatic nitrogens is 4. The summed E-state index contributed by atoms with van der Waals surface area (Å²) in [6.45, 7) is 0. The van der Waals surface area contributed by atoms with E-state index < -0.39 is 0 Å². The second-order valence-electron chi connectivity index (χ2n) is 28.7. The minimum Gasteiger partial charge on any atom is -0.456 e. The van der Waals surface area contributed by atoms with Crippen molar-refractivity contribution < 1.29 is 8.83 Å². The lowest BCUT2D eigenvalue weighted by molar-refractivity contribution is 0.668. The molecule has 0 fully saturated rings. The minimum atomic E-state index is 0.840. The van der Waals surface area contributed by atoms with Crippen LogP contribution in [0.15, 0.2) is 385 Å². The summed E-state index contributed by atoms with van der Waals surface area (Å²) in [5, 5.41) is 14.1. The summed E-state index contributed by atoms with van der Waals surface area (Å²) in [6, 6.07) is 138. The van der Waals surface area contributed by atoms with Gasteiger partial charge in [0.2, 0.25) is 0 Å². The Bertz CT molecular complexity index is 7670. The molecule has 0 N–H and O–H groups in total. The van der Waals surface area contributed by atoms with Crippen LogP contribution in [-0.4, -0.2) is 18.3 Å². The van der Waals surface area contributed by atoms with E-state index in [9.17, 15) is 0 Å². The third-order valence-electron chi connectivity index (χ3n) is 22.7. The number of hydrogen-bond donors (Lipinski definition) is 0. The van der Waals surface area contributed by atoms with Gasteiger partial charge in [0.05, 0.1) is 44.1 Å². The van der Waals surface area contributed by atoms with E-state index in [0.29, 0.717) is 0 Å². The average molecular weight is 1380 g/mol. The fraction of sp³-hybridized carbons (Fsp3) is 0. The van der Waals surface area contributed by atoms with Gasteiger partial charge in [-0.1, -0.05) is 243 Å². The molecule has 23 rings (SSSR count). The van der Waals surface area contributed by atoms with E-state index in [4.69, 9.17) is 8.83 Å². The first-order valence-corrected chi connectivity index (χ1v) is 37.0. The smallest absolute Gasteiger partial charge is 0.143 e. The molecule has 0 saturated heterocycles. The normalized spacial score (nSPS) is 12.1. The molecule has 502 valence electrons. The summed E-state index contributed by atoms with van der Waals surface area (Å²) < 4.78 is 23.1. The predicted octanol–water partition coefficient (Wildman–Crippen LogP) is 27.9. The van der Waals surface area contributed by atoms with Crippen molar-refractivity contribution in [2.75, 3.05) is 0 Å². The summed E-state index contributed by atoms with van der Waals surface area (Å²) in [5.74, 6) is 0. The summed E-state index contributed by atoms with van der Waals surface area (Å²) in [4.78, 5) is 0. The molecule has 0 aliphatic carbocycles. The van der Waals surface area contributed by atoms with Crippen molar-refractivity contribution in [1.82, 2.24) is 18.3 Å². The van der Waals surface area contributed by atoms with Crippen molar-refractivity contribution in [1.29, 1.82) is 0 Å². The molecule has 0 bridgehead atoms. The van der Waals surface area contributed by atoms with Gasteiger partial charge in [0.15, 0.2) is 0 Å². The van der Waals surface area contributed by atoms with Crippen molar-refractivity contribution in [3.8, 4) is 89.5 Å². The topological polar surface area (TPSA) is 46.0 Å². The fourth-order valence-corrected chi connectivity index (χ4v) is 17.7. The van der Waals surface area contributed by atoms with Crippen LogP contribution < -0.4 is 0 Å². The zero-order chi connectivity index (χ0) is 70.7. The van der Waals surface area contributed by atoms with Crippen LogP contribution in [0, 0.1) is 0 Å². The highest BCUT2D eigenvalue weighted by Gasteiger charge is 2.23. The molecule has 0 aliphatic heterocycles. The standard InChI is InChI=1S/C102H62N4O2/c1-3-19-63(20-4-1)67-23-17-24-74(54-67)103-93-34-14-9-27-81(93)88-57-68(43-50-95(88)103)71-42-48-84-80-26-8-13-33-92(80)105(98(84)60-71)76-45-49-86-87-31-18-30-78(102(87)108-101(86)62-76)66-39-37-65(38-40-66)73-53-72(64-21-5-2-6-22-64)55-77(56-73)106-94-35-15-10-28-82(94)89-58-69(44-51-96(89)106)70-41-47-83-79-25-7-12-32-91(79)104(97(83)59-70)75-46-52-100-90(61-75)85-29-11-16-36-99(85)107-100/h1-62H. The summed E-state index contributed by atoms with van der Waals surface area (Å²) >= 11 is 0. The quantitative estimate of drug-likeness (QED) is 0.137. The van der Waals surface area contributed by atoms with Crippen molar-refractivity contribution in [3.63, 3.8) is 0 Å². The van der Waals surface area contributed by atoms with Gasteiger partial charge < -0.3 is 27.1 Å². The van der Waals surface area contributed by atoms with Crippen LogP contribution in [-0.2, 0) is 0 Å². The Labute approximate surface area is 619 Å². The molecule has 0 spiro atoms. The molecule has 0 aliphatic rings. The number of benzene rings is 17. The third-order valence-corrected chi connectivity index (χ3v) is 22.7. The maximum absolute atomic E-state index is 7.12. The molecule has 0 atom stereocenters. The van der Waals surface area contributed by atoms with Crippen molar-refractivity contribution in [2.45, 2.75) is 0 Å². The Morgan fingerprint density at radius 1 is 0.148 bits per heavy atom. The lowest BCUT2D eigenvalue weighted by atomic mass is 9.95. The highest BCUT2D eigenvalue weighted by Crippen LogP contribution is 2.45. The van der Waals surface area contributed by atoms with Gasteiger partial charge in [-0.15, -0.1) is 0 Å². The first-order valence-electron chi connectivity index (χ1n) is 37.0. The van der Waals surface area contributed by atoms with Gasteiger partial charge in [-0.2, -0.15) is 0 Å². The zero-order valence-corrected chi connectivity index (χ0v) is 58.4. The molecule has 23 aromatic rings.